The third-order valence-electron chi connectivity index (χ3n) is 5.49. The highest BCUT2D eigenvalue weighted by Gasteiger charge is 2.33. The van der Waals surface area contributed by atoms with E-state index in [2.05, 4.69) is 0 Å². The first-order valence-electron chi connectivity index (χ1n) is 10.4. The summed E-state index contributed by atoms with van der Waals surface area (Å²) < 4.78 is 47.3. The first-order valence-corrected chi connectivity index (χ1v) is 12.3. The van der Waals surface area contributed by atoms with Crippen molar-refractivity contribution < 1.29 is 27.4 Å². The molecule has 0 bridgehead atoms. The van der Waals surface area contributed by atoms with Gasteiger partial charge in [0.05, 0.1) is 23.2 Å². The maximum absolute atomic E-state index is 14.0. The molecular weight excluding hydrogens is 471 g/mol. The number of methoxy groups -OCH3 is 1. The summed E-state index contributed by atoms with van der Waals surface area (Å²) in [6.45, 7) is 3.18. The molecule has 0 heterocycles. The molecule has 0 aliphatic heterocycles. The molecule has 0 aliphatic carbocycles. The molecule has 0 spiro atoms. The molecule has 10 heteroatoms. The Morgan fingerprint density at radius 1 is 1.12 bits per heavy atom. The topological polar surface area (TPSA) is 87.2 Å². The smallest absolute Gasteiger partial charge is 0.256 e. The number of nitrogens with zero attached hydrogens (tertiary/aromatic N) is 2. The molecule has 1 N–H and O–H groups in total. The van der Waals surface area contributed by atoms with Gasteiger partial charge in [0.15, 0.2) is 0 Å². The van der Waals surface area contributed by atoms with Crippen LogP contribution in [0.5, 0.6) is 0 Å². The third-order valence-corrected chi connectivity index (χ3v) is 7.73. The van der Waals surface area contributed by atoms with Gasteiger partial charge in [-0.1, -0.05) is 30.7 Å². The second-order valence-corrected chi connectivity index (χ2v) is 10.3. The summed E-state index contributed by atoms with van der Waals surface area (Å²) in [5.41, 5.74) is -0.0525. The molecule has 0 saturated heterocycles. The summed E-state index contributed by atoms with van der Waals surface area (Å²) in [6, 6.07) is 10.8. The SMILES string of the molecule is CO[C@@H](CN(C)C(=O)c1ccccc1F)[C@H](C)CN([C@@H](C)CO)S(=O)(=O)c1ccc(Cl)cc1. The molecule has 0 radical (unpaired) electrons. The van der Waals surface area contributed by atoms with Crippen LogP contribution in [0.2, 0.25) is 5.02 Å². The van der Waals surface area contributed by atoms with E-state index in [4.69, 9.17) is 16.3 Å². The van der Waals surface area contributed by atoms with Crippen molar-refractivity contribution in [3.63, 3.8) is 0 Å². The number of hydrogen-bond donors (Lipinski definition) is 1. The number of rotatable bonds is 11. The van der Waals surface area contributed by atoms with E-state index in [1.54, 1.807) is 19.9 Å². The Labute approximate surface area is 199 Å². The van der Waals surface area contributed by atoms with Gasteiger partial charge in [-0.15, -0.1) is 0 Å². The highest BCUT2D eigenvalue weighted by atomic mass is 35.5. The Kier molecular flexibility index (Phi) is 9.81. The fraction of sp³-hybridized carbons (Fsp3) is 0.435. The van der Waals surface area contributed by atoms with Crippen LogP contribution in [0.4, 0.5) is 4.39 Å². The van der Waals surface area contributed by atoms with Gasteiger partial charge in [0.2, 0.25) is 10.0 Å². The van der Waals surface area contributed by atoms with E-state index >= 15 is 0 Å². The molecule has 2 aromatic rings. The van der Waals surface area contributed by atoms with E-state index in [9.17, 15) is 22.7 Å². The number of benzene rings is 2. The van der Waals surface area contributed by atoms with E-state index in [-0.39, 0.29) is 36.1 Å². The Morgan fingerprint density at radius 3 is 2.27 bits per heavy atom. The zero-order valence-corrected chi connectivity index (χ0v) is 20.7. The Hall–Kier alpha value is -2.04. The highest BCUT2D eigenvalue weighted by molar-refractivity contribution is 7.89. The summed E-state index contributed by atoms with van der Waals surface area (Å²) in [5.74, 6) is -1.48. The summed E-state index contributed by atoms with van der Waals surface area (Å²) in [7, 11) is -0.928. The zero-order valence-electron chi connectivity index (χ0n) is 19.1. The van der Waals surface area contributed by atoms with Gasteiger partial charge in [-0.3, -0.25) is 4.79 Å². The zero-order chi connectivity index (χ0) is 24.8. The predicted molar refractivity (Wildman–Crippen MR) is 125 cm³/mol. The number of amides is 1. The van der Waals surface area contributed by atoms with Crippen molar-refractivity contribution in [3.05, 3.63) is 64.9 Å². The van der Waals surface area contributed by atoms with E-state index in [0.29, 0.717) is 5.02 Å². The second kappa shape index (κ2) is 11.9. The maximum Gasteiger partial charge on any atom is 0.256 e. The Balaban J connectivity index is 2.21. The number of carbonyl (C=O) groups is 1. The lowest BCUT2D eigenvalue weighted by atomic mass is 10.0. The Bertz CT molecular complexity index is 1040. The van der Waals surface area contributed by atoms with Crippen LogP contribution in [0, 0.1) is 11.7 Å². The monoisotopic (exact) mass is 500 g/mol. The lowest BCUT2D eigenvalue weighted by molar-refractivity contribution is 0.0220. The van der Waals surface area contributed by atoms with Gasteiger partial charge >= 0.3 is 0 Å². The van der Waals surface area contributed by atoms with E-state index in [1.807, 2.05) is 0 Å². The number of carbonyl (C=O) groups excluding carboxylic acids is 1. The quantitative estimate of drug-likeness (QED) is 0.511. The van der Waals surface area contributed by atoms with Crippen LogP contribution in [-0.4, -0.2) is 74.6 Å². The normalized spacial score (nSPS) is 14.7. The third kappa shape index (κ3) is 6.74. The lowest BCUT2D eigenvalue weighted by Gasteiger charge is -2.33. The molecule has 0 aromatic heterocycles. The molecule has 2 rings (SSSR count). The van der Waals surface area contributed by atoms with Crippen molar-refractivity contribution in [3.8, 4) is 0 Å². The molecule has 0 saturated carbocycles. The first-order chi connectivity index (χ1) is 15.5. The number of likely N-dealkylation sites (N-methyl/N-ethyl adjacent to an activating group) is 1. The summed E-state index contributed by atoms with van der Waals surface area (Å²) >= 11 is 5.88. The van der Waals surface area contributed by atoms with Gasteiger partial charge in [-0.2, -0.15) is 4.31 Å². The minimum atomic E-state index is -3.93. The largest absolute Gasteiger partial charge is 0.395 e. The average Bonchev–Trinajstić information content (AvgIpc) is 2.80. The molecule has 33 heavy (non-hydrogen) atoms. The van der Waals surface area contributed by atoms with Crippen LogP contribution in [0.25, 0.3) is 0 Å². The summed E-state index contributed by atoms with van der Waals surface area (Å²) in [4.78, 5) is 14.1. The Morgan fingerprint density at radius 2 is 1.73 bits per heavy atom. The van der Waals surface area contributed by atoms with Crippen LogP contribution in [0.15, 0.2) is 53.4 Å². The van der Waals surface area contributed by atoms with Crippen LogP contribution < -0.4 is 0 Å². The van der Waals surface area contributed by atoms with Gasteiger partial charge in [0.1, 0.15) is 5.82 Å². The summed E-state index contributed by atoms with van der Waals surface area (Å²) in [6.07, 6.45) is -0.542. The van der Waals surface area contributed by atoms with Crippen molar-refractivity contribution in [2.75, 3.05) is 33.9 Å². The lowest BCUT2D eigenvalue weighted by Crippen LogP contribution is -2.47. The van der Waals surface area contributed by atoms with E-state index in [0.717, 1.165) is 0 Å². The number of sulfonamides is 1. The fourth-order valence-corrected chi connectivity index (χ4v) is 5.28. The second-order valence-electron chi connectivity index (χ2n) is 7.98. The van der Waals surface area contributed by atoms with Gasteiger partial charge in [-0.25, -0.2) is 12.8 Å². The molecule has 182 valence electrons. The highest BCUT2D eigenvalue weighted by Crippen LogP contribution is 2.23. The van der Waals surface area contributed by atoms with Crippen molar-refractivity contribution in [2.24, 2.45) is 5.92 Å². The van der Waals surface area contributed by atoms with Crippen molar-refractivity contribution in [1.29, 1.82) is 0 Å². The minimum absolute atomic E-state index is 0.0346. The van der Waals surface area contributed by atoms with E-state index < -0.39 is 33.9 Å². The standard InChI is InChI=1S/C23H30ClFN2O5S/c1-16(22(32-4)14-26(3)23(29)20-7-5-6-8-21(20)25)13-27(17(2)15-28)33(30,31)19-11-9-18(24)10-12-19/h5-12,16-17,22,28H,13-15H2,1-4H3/t16-,17+,22+/m1/s1. The van der Waals surface area contributed by atoms with Crippen LogP contribution in [0.3, 0.4) is 0 Å². The number of aliphatic hydroxyl groups is 1. The number of hydrogen-bond acceptors (Lipinski definition) is 5. The van der Waals surface area contributed by atoms with Gasteiger partial charge in [-0.05, 0) is 49.2 Å². The van der Waals surface area contributed by atoms with Crippen LogP contribution in [0.1, 0.15) is 24.2 Å². The first kappa shape index (κ1) is 27.2. The molecule has 2 aromatic carbocycles. The number of ether oxygens (including phenoxy) is 1. The molecular formula is C23H30ClFN2O5S. The van der Waals surface area contributed by atoms with Crippen molar-refractivity contribution >= 4 is 27.5 Å². The van der Waals surface area contributed by atoms with Crippen LogP contribution in [-0.2, 0) is 14.8 Å². The molecule has 0 fully saturated rings. The van der Waals surface area contributed by atoms with Gasteiger partial charge in [0, 0.05) is 38.3 Å². The predicted octanol–water partition coefficient (Wildman–Crippen LogP) is 3.27. The van der Waals surface area contributed by atoms with E-state index in [1.165, 1.54) is 65.8 Å². The van der Waals surface area contributed by atoms with Crippen molar-refractivity contribution in [2.45, 2.75) is 30.9 Å². The van der Waals surface area contributed by atoms with Gasteiger partial charge < -0.3 is 14.7 Å². The fourth-order valence-electron chi connectivity index (χ4n) is 3.43. The molecule has 0 aliphatic rings. The minimum Gasteiger partial charge on any atom is -0.395 e. The average molecular weight is 501 g/mol. The molecule has 1 amide bonds. The molecule has 7 nitrogen and oxygen atoms in total. The number of aliphatic hydroxyl groups excluding tert-OH is 1. The van der Waals surface area contributed by atoms with Crippen LogP contribution >= 0.6 is 11.6 Å². The molecule has 0 unspecified atom stereocenters. The maximum atomic E-state index is 14.0. The van der Waals surface area contributed by atoms with Gasteiger partial charge in [0.25, 0.3) is 5.91 Å². The number of halogens is 2. The molecule has 3 atom stereocenters. The van der Waals surface area contributed by atoms with Crippen molar-refractivity contribution in [1.82, 2.24) is 9.21 Å². The summed E-state index contributed by atoms with van der Waals surface area (Å²) in [5, 5.41) is 10.1.